The number of H-pyrrole nitrogens is 1. The van der Waals surface area contributed by atoms with Crippen molar-refractivity contribution in [3.63, 3.8) is 0 Å². The van der Waals surface area contributed by atoms with E-state index >= 15 is 0 Å². The quantitative estimate of drug-likeness (QED) is 0.638. The summed E-state index contributed by atoms with van der Waals surface area (Å²) in [6, 6.07) is 6.16. The highest BCUT2D eigenvalue weighted by Gasteiger charge is 2.21. The molecule has 19 heavy (non-hydrogen) atoms. The van der Waals surface area contributed by atoms with Crippen molar-refractivity contribution in [2.24, 2.45) is 0 Å². The number of carbonyl (C=O) groups is 2. The summed E-state index contributed by atoms with van der Waals surface area (Å²) in [6.07, 6.45) is 1.52. The molecule has 4 N–H and O–H groups in total. The number of aliphatic hydroxyl groups excluding tert-OH is 1. The number of benzene rings is 1. The molecule has 1 unspecified atom stereocenters. The average Bonchev–Trinajstić information content (AvgIpc) is 2.81. The molecule has 1 amide bonds. The second-order valence-corrected chi connectivity index (χ2v) is 4.12. The SMILES string of the molecule is O=C(NC(CCO)C(=O)O)c1c[nH]c2ccccc12. The first-order valence-corrected chi connectivity index (χ1v) is 5.84. The molecule has 0 fully saturated rings. The number of aromatic nitrogens is 1. The van der Waals surface area contributed by atoms with Crippen molar-refractivity contribution in [3.05, 3.63) is 36.0 Å². The van der Waals surface area contributed by atoms with Gasteiger partial charge in [0.1, 0.15) is 6.04 Å². The topological polar surface area (TPSA) is 102 Å². The Morgan fingerprint density at radius 2 is 2.05 bits per heavy atom. The summed E-state index contributed by atoms with van der Waals surface area (Å²) in [7, 11) is 0. The number of carboxylic acid groups (broad SMARTS) is 1. The summed E-state index contributed by atoms with van der Waals surface area (Å²) in [5.41, 5.74) is 1.20. The highest BCUT2D eigenvalue weighted by Crippen LogP contribution is 2.17. The van der Waals surface area contributed by atoms with Gasteiger partial charge >= 0.3 is 5.97 Å². The fourth-order valence-corrected chi connectivity index (χ4v) is 1.88. The first-order chi connectivity index (χ1) is 9.13. The number of carbonyl (C=O) groups excluding carboxylic acids is 1. The molecule has 1 heterocycles. The molecule has 0 spiro atoms. The summed E-state index contributed by atoms with van der Waals surface area (Å²) < 4.78 is 0. The van der Waals surface area contributed by atoms with Crippen molar-refractivity contribution in [1.29, 1.82) is 0 Å². The minimum Gasteiger partial charge on any atom is -0.480 e. The van der Waals surface area contributed by atoms with Gasteiger partial charge in [-0.2, -0.15) is 0 Å². The number of aromatic amines is 1. The third-order valence-corrected chi connectivity index (χ3v) is 2.86. The van der Waals surface area contributed by atoms with Gasteiger partial charge in [-0.15, -0.1) is 0 Å². The number of nitrogens with one attached hydrogen (secondary N) is 2. The van der Waals surface area contributed by atoms with Crippen LogP contribution in [0.5, 0.6) is 0 Å². The Bertz CT molecular complexity index is 605. The van der Waals surface area contributed by atoms with E-state index in [2.05, 4.69) is 10.3 Å². The van der Waals surface area contributed by atoms with Crippen molar-refractivity contribution in [3.8, 4) is 0 Å². The van der Waals surface area contributed by atoms with Crippen molar-refractivity contribution in [2.75, 3.05) is 6.61 Å². The molecule has 6 heteroatoms. The Labute approximate surface area is 109 Å². The molecule has 6 nitrogen and oxygen atoms in total. The molecule has 0 radical (unpaired) electrons. The normalized spacial score (nSPS) is 12.3. The standard InChI is InChI=1S/C13H14N2O4/c16-6-5-11(13(18)19)15-12(17)9-7-14-10-4-2-1-3-8(9)10/h1-4,7,11,14,16H,5-6H2,(H,15,17)(H,18,19). The average molecular weight is 262 g/mol. The number of fused-ring (bicyclic) bond motifs is 1. The van der Waals surface area contributed by atoms with E-state index in [1.165, 1.54) is 6.20 Å². The smallest absolute Gasteiger partial charge is 0.326 e. The van der Waals surface area contributed by atoms with Crippen LogP contribution in [0.4, 0.5) is 0 Å². The van der Waals surface area contributed by atoms with Crippen LogP contribution >= 0.6 is 0 Å². The van der Waals surface area contributed by atoms with Gasteiger partial charge in [-0.1, -0.05) is 18.2 Å². The molecule has 2 rings (SSSR count). The lowest BCUT2D eigenvalue weighted by atomic mass is 10.1. The lowest BCUT2D eigenvalue weighted by Gasteiger charge is -2.12. The number of aliphatic carboxylic acids is 1. The maximum atomic E-state index is 12.0. The predicted molar refractivity (Wildman–Crippen MR) is 68.9 cm³/mol. The lowest BCUT2D eigenvalue weighted by molar-refractivity contribution is -0.139. The van der Waals surface area contributed by atoms with E-state index in [0.29, 0.717) is 5.56 Å². The molecule has 0 bridgehead atoms. The maximum Gasteiger partial charge on any atom is 0.326 e. The summed E-state index contributed by atoms with van der Waals surface area (Å²) in [5.74, 6) is -1.64. The molecule has 1 aromatic carbocycles. The van der Waals surface area contributed by atoms with Crippen LogP contribution in [0, 0.1) is 0 Å². The number of aliphatic hydroxyl groups is 1. The third kappa shape index (κ3) is 2.74. The number of amides is 1. The molecule has 1 atom stereocenters. The van der Waals surface area contributed by atoms with Gasteiger partial charge in [0.05, 0.1) is 5.56 Å². The largest absolute Gasteiger partial charge is 0.480 e. The number of carboxylic acids is 1. The fourth-order valence-electron chi connectivity index (χ4n) is 1.88. The molecule has 0 aliphatic rings. The Hall–Kier alpha value is -2.34. The number of para-hydroxylation sites is 1. The summed E-state index contributed by atoms with van der Waals surface area (Å²) >= 11 is 0. The van der Waals surface area contributed by atoms with Crippen molar-refractivity contribution in [2.45, 2.75) is 12.5 Å². The molecule has 0 saturated carbocycles. The number of hydrogen-bond acceptors (Lipinski definition) is 3. The molecule has 0 aliphatic carbocycles. The maximum absolute atomic E-state index is 12.0. The highest BCUT2D eigenvalue weighted by atomic mass is 16.4. The Morgan fingerprint density at radius 3 is 2.74 bits per heavy atom. The molecule has 0 aliphatic heterocycles. The van der Waals surface area contributed by atoms with E-state index in [1.807, 2.05) is 12.1 Å². The van der Waals surface area contributed by atoms with E-state index in [1.54, 1.807) is 12.1 Å². The molecular formula is C13H14N2O4. The zero-order valence-electron chi connectivity index (χ0n) is 10.1. The Kier molecular flexibility index (Phi) is 3.82. The van der Waals surface area contributed by atoms with Gasteiger partial charge in [-0.25, -0.2) is 4.79 Å². The van der Waals surface area contributed by atoms with Gasteiger partial charge in [0.25, 0.3) is 5.91 Å². The van der Waals surface area contributed by atoms with E-state index in [9.17, 15) is 9.59 Å². The lowest BCUT2D eigenvalue weighted by Crippen LogP contribution is -2.41. The predicted octanol–water partition coefficient (Wildman–Crippen LogP) is 0.733. The second kappa shape index (κ2) is 5.53. The van der Waals surface area contributed by atoms with Crippen LogP contribution in [0.1, 0.15) is 16.8 Å². The van der Waals surface area contributed by atoms with Crippen LogP contribution in [0.15, 0.2) is 30.5 Å². The molecule has 1 aromatic heterocycles. The van der Waals surface area contributed by atoms with E-state index in [-0.39, 0.29) is 13.0 Å². The molecule has 0 saturated heterocycles. The van der Waals surface area contributed by atoms with E-state index in [0.717, 1.165) is 10.9 Å². The van der Waals surface area contributed by atoms with Gasteiger partial charge < -0.3 is 20.5 Å². The zero-order valence-corrected chi connectivity index (χ0v) is 10.1. The first kappa shape index (κ1) is 13.1. The van der Waals surface area contributed by atoms with Gasteiger partial charge in [0.2, 0.25) is 0 Å². The summed E-state index contributed by atoms with van der Waals surface area (Å²) in [6.45, 7) is -0.300. The van der Waals surface area contributed by atoms with Crippen LogP contribution < -0.4 is 5.32 Å². The third-order valence-electron chi connectivity index (χ3n) is 2.86. The Morgan fingerprint density at radius 1 is 1.32 bits per heavy atom. The van der Waals surface area contributed by atoms with Crippen LogP contribution in [0.25, 0.3) is 10.9 Å². The van der Waals surface area contributed by atoms with Gasteiger partial charge in [-0.3, -0.25) is 4.79 Å². The highest BCUT2D eigenvalue weighted by molar-refractivity contribution is 6.07. The van der Waals surface area contributed by atoms with Gasteiger partial charge in [0, 0.05) is 30.1 Å². The Balaban J connectivity index is 2.22. The van der Waals surface area contributed by atoms with E-state index in [4.69, 9.17) is 10.2 Å². The number of hydrogen-bond donors (Lipinski definition) is 4. The van der Waals surface area contributed by atoms with Crippen LogP contribution in [0.2, 0.25) is 0 Å². The second-order valence-electron chi connectivity index (χ2n) is 4.12. The van der Waals surface area contributed by atoms with Gasteiger partial charge in [-0.05, 0) is 6.07 Å². The number of rotatable bonds is 5. The molecular weight excluding hydrogens is 248 g/mol. The zero-order chi connectivity index (χ0) is 13.8. The van der Waals surface area contributed by atoms with Crippen LogP contribution in [-0.4, -0.2) is 39.7 Å². The summed E-state index contributed by atoms with van der Waals surface area (Å²) in [4.78, 5) is 25.9. The molecule has 100 valence electrons. The van der Waals surface area contributed by atoms with Crippen LogP contribution in [-0.2, 0) is 4.79 Å². The van der Waals surface area contributed by atoms with Crippen molar-refractivity contribution in [1.82, 2.24) is 10.3 Å². The van der Waals surface area contributed by atoms with E-state index < -0.39 is 17.9 Å². The van der Waals surface area contributed by atoms with Crippen molar-refractivity contribution >= 4 is 22.8 Å². The molecule has 2 aromatic rings. The van der Waals surface area contributed by atoms with Crippen LogP contribution in [0.3, 0.4) is 0 Å². The minimum absolute atomic E-state index is 0.0244. The van der Waals surface area contributed by atoms with Gasteiger partial charge in [0.15, 0.2) is 0 Å². The van der Waals surface area contributed by atoms with Crippen molar-refractivity contribution < 1.29 is 19.8 Å². The fraction of sp³-hybridized carbons (Fsp3) is 0.231. The summed E-state index contributed by atoms with van der Waals surface area (Å²) in [5, 5.41) is 20.8. The minimum atomic E-state index is -1.16. The first-order valence-electron chi connectivity index (χ1n) is 5.84. The monoisotopic (exact) mass is 262 g/mol.